The topological polar surface area (TPSA) is 50.9 Å². The molecule has 1 N–H and O–H groups in total. The fourth-order valence-electron chi connectivity index (χ4n) is 7.97. The second-order valence-corrected chi connectivity index (χ2v) is 16.5. The maximum Gasteiger partial charge on any atom is 0.149 e. The Morgan fingerprint density at radius 3 is 1.92 bits per heavy atom. The summed E-state index contributed by atoms with van der Waals surface area (Å²) in [5.41, 5.74) is -2.49. The van der Waals surface area contributed by atoms with E-state index in [4.69, 9.17) is 34.6 Å². The van der Waals surface area contributed by atoms with Gasteiger partial charge in [0.1, 0.15) is 11.6 Å². The fourth-order valence-corrected chi connectivity index (χ4v) is 7.97. The van der Waals surface area contributed by atoms with Gasteiger partial charge in [-0.3, -0.25) is 9.55 Å². The number of phenolic OH excluding ortho intramolecular Hbond substituents is 1. The highest BCUT2D eigenvalue weighted by atomic mass is 16.3. The number of fused-ring (bicyclic) bond motifs is 1. The van der Waals surface area contributed by atoms with Gasteiger partial charge >= 0.3 is 0 Å². The van der Waals surface area contributed by atoms with Gasteiger partial charge in [-0.05, 0) is 117 Å². The lowest BCUT2D eigenvalue weighted by Gasteiger charge is -2.27. The Morgan fingerprint density at radius 2 is 1.20 bits per heavy atom. The second-order valence-electron chi connectivity index (χ2n) is 16.5. The molecule has 2 aromatic heterocycles. The molecule has 0 aliphatic rings. The Balaban J connectivity index is 1.59. The number of phenols is 1. The molecule has 0 aliphatic carbocycles. The quantitative estimate of drug-likeness (QED) is 0.182. The van der Waals surface area contributed by atoms with Crippen LogP contribution in [0.4, 0.5) is 0 Å². The Labute approximate surface area is 382 Å². The number of aromatic hydroxyl groups is 1. The van der Waals surface area contributed by atoms with E-state index in [0.29, 0.717) is 39.7 Å². The number of para-hydroxylation sites is 2. The highest BCUT2D eigenvalue weighted by Crippen LogP contribution is 2.46. The van der Waals surface area contributed by atoms with E-state index in [0.717, 1.165) is 39.4 Å². The van der Waals surface area contributed by atoms with Crippen molar-refractivity contribution in [2.45, 2.75) is 92.0 Å². The maximum absolute atomic E-state index is 12.9. The van der Waals surface area contributed by atoms with Gasteiger partial charge in [0.15, 0.2) is 0 Å². The number of pyridine rings is 1. The van der Waals surface area contributed by atoms with Crippen LogP contribution in [-0.4, -0.2) is 19.6 Å². The fraction of sp³-hybridized carbons (Fsp3) is 0.250. The molecule has 0 fully saturated rings. The molecule has 4 heteroatoms. The molecule has 8 rings (SSSR count). The lowest BCUT2D eigenvalue weighted by Crippen LogP contribution is -2.17. The van der Waals surface area contributed by atoms with Crippen LogP contribution < -0.4 is 0 Å². The van der Waals surface area contributed by atoms with E-state index >= 15 is 0 Å². The lowest BCUT2D eigenvalue weighted by molar-refractivity contribution is 0.446. The first-order chi connectivity index (χ1) is 35.9. The van der Waals surface area contributed by atoms with E-state index < -0.39 is 85.6 Å². The predicted molar refractivity (Wildman–Crippen MR) is 253 cm³/mol. The molecule has 0 amide bonds. The van der Waals surface area contributed by atoms with Crippen LogP contribution >= 0.6 is 0 Å². The average Bonchev–Trinajstić information content (AvgIpc) is 3.87. The van der Waals surface area contributed by atoms with E-state index in [1.807, 2.05) is 95.3 Å². The molecule has 0 bridgehead atoms. The van der Waals surface area contributed by atoms with Crippen LogP contribution in [0.25, 0.3) is 72.7 Å². The van der Waals surface area contributed by atoms with Gasteiger partial charge in [-0.1, -0.05) is 153 Å². The van der Waals surface area contributed by atoms with Gasteiger partial charge in [0.25, 0.3) is 0 Å². The smallest absolute Gasteiger partial charge is 0.149 e. The van der Waals surface area contributed by atoms with Gasteiger partial charge in [-0.25, -0.2) is 4.98 Å². The summed E-state index contributed by atoms with van der Waals surface area (Å²) >= 11 is 0. The third-order valence-corrected chi connectivity index (χ3v) is 11.0. The van der Waals surface area contributed by atoms with E-state index in [2.05, 4.69) is 0 Å². The van der Waals surface area contributed by atoms with Crippen molar-refractivity contribution in [2.24, 2.45) is 0 Å². The van der Waals surface area contributed by atoms with Crippen molar-refractivity contribution >= 4 is 11.0 Å². The maximum atomic E-state index is 12.9. The first-order valence-corrected chi connectivity index (χ1v) is 19.6. The molecule has 6 aromatic carbocycles. The Bertz CT molecular complexity index is 3480. The number of hydrogen-bond acceptors (Lipinski definition) is 3. The van der Waals surface area contributed by atoms with Crippen LogP contribution in [0.15, 0.2) is 140 Å². The zero-order valence-corrected chi connectivity index (χ0v) is 34.1. The van der Waals surface area contributed by atoms with Gasteiger partial charge in [0.05, 0.1) is 28.0 Å². The summed E-state index contributed by atoms with van der Waals surface area (Å²) in [6, 6.07) is 38.1. The molecule has 8 aromatic rings. The third kappa shape index (κ3) is 7.56. The molecular weight excluding hydrogens is 731 g/mol. The molecule has 0 radical (unpaired) electrons. The molecule has 4 nitrogen and oxygen atoms in total. The first-order valence-electron chi connectivity index (χ1n) is 28.6. The summed E-state index contributed by atoms with van der Waals surface area (Å²) in [6.45, 7) is -14.2. The van der Waals surface area contributed by atoms with Crippen LogP contribution in [0, 0.1) is 13.8 Å². The molecule has 0 spiro atoms. The van der Waals surface area contributed by atoms with Crippen LogP contribution in [-0.2, 0) is 16.2 Å². The number of nitrogens with zero attached hydrogens (tertiary/aromatic N) is 3. The van der Waals surface area contributed by atoms with Crippen molar-refractivity contribution in [2.75, 3.05) is 0 Å². The van der Waals surface area contributed by atoms with Gasteiger partial charge < -0.3 is 5.11 Å². The Morgan fingerprint density at radius 1 is 0.550 bits per heavy atom. The molecular formula is C56H57N3O. The van der Waals surface area contributed by atoms with Gasteiger partial charge in [0.2, 0.25) is 0 Å². The van der Waals surface area contributed by atoms with Crippen LogP contribution in [0.1, 0.15) is 114 Å². The second kappa shape index (κ2) is 15.1. The minimum absolute atomic E-state index is 0.193. The molecule has 0 saturated carbocycles. The SMILES string of the molecule is [2H]C([2H])([2H])C(c1cc(-c2nc3c(-c4cc(-c5cc(-c6c(C)cccc6C)ccn5)cc(C(C)(C)C)c4)cccc3n2-c2ccccc2-c2ccccc2)c(O)c(C(C([2H])([2H])[2H])(C([2H])([2H])[2H])C([2H])([2H])[2H])c1)(C([2H])([2H])[2H])C([2H])([2H])[2H]. The monoisotopic (exact) mass is 806 g/mol. The Kier molecular flexibility index (Phi) is 6.06. The molecule has 60 heavy (non-hydrogen) atoms. The molecule has 2 heterocycles. The number of benzene rings is 6. The summed E-state index contributed by atoms with van der Waals surface area (Å²) in [6.07, 6.45) is 1.74. The van der Waals surface area contributed by atoms with Crippen molar-refractivity contribution in [1.82, 2.24) is 14.5 Å². The lowest BCUT2D eigenvalue weighted by atomic mass is 9.79. The Hall–Kier alpha value is -6.26. The molecule has 0 saturated heterocycles. The van der Waals surface area contributed by atoms with Crippen molar-refractivity contribution in [3.63, 3.8) is 0 Å². The van der Waals surface area contributed by atoms with Crippen molar-refractivity contribution < 1.29 is 29.8 Å². The van der Waals surface area contributed by atoms with E-state index in [1.54, 1.807) is 66.9 Å². The largest absolute Gasteiger partial charge is 0.507 e. The zero-order valence-electron chi connectivity index (χ0n) is 52.1. The van der Waals surface area contributed by atoms with E-state index in [9.17, 15) is 5.11 Å². The molecule has 0 atom stereocenters. The normalized spacial score (nSPS) is 18.0. The number of rotatable bonds is 6. The van der Waals surface area contributed by atoms with E-state index in [1.165, 1.54) is 4.57 Å². The number of aromatic nitrogens is 3. The van der Waals surface area contributed by atoms with Crippen molar-refractivity contribution in [3.8, 4) is 67.5 Å². The van der Waals surface area contributed by atoms with E-state index in [-0.39, 0.29) is 11.0 Å². The van der Waals surface area contributed by atoms with Crippen LogP contribution in [0.5, 0.6) is 5.75 Å². The van der Waals surface area contributed by atoms with Crippen LogP contribution in [0.2, 0.25) is 0 Å². The van der Waals surface area contributed by atoms with Gasteiger partial charge in [-0.15, -0.1) is 0 Å². The summed E-state index contributed by atoms with van der Waals surface area (Å²) in [4.78, 5) is 9.99. The van der Waals surface area contributed by atoms with Crippen LogP contribution in [0.3, 0.4) is 0 Å². The number of imidazole rings is 1. The summed E-state index contributed by atoms with van der Waals surface area (Å²) in [5, 5.41) is 12.9. The minimum Gasteiger partial charge on any atom is -0.507 e. The summed E-state index contributed by atoms with van der Waals surface area (Å²) in [7, 11) is 0. The number of aryl methyl sites for hydroxylation is 2. The number of hydrogen-bond donors (Lipinski definition) is 1. The van der Waals surface area contributed by atoms with Crippen molar-refractivity contribution in [3.05, 3.63) is 167 Å². The third-order valence-electron chi connectivity index (χ3n) is 11.0. The average molecular weight is 806 g/mol. The molecule has 0 unspecified atom stereocenters. The zero-order chi connectivity index (χ0) is 57.7. The van der Waals surface area contributed by atoms with Crippen molar-refractivity contribution in [1.29, 1.82) is 0 Å². The van der Waals surface area contributed by atoms with Gasteiger partial charge in [0, 0.05) is 53.1 Å². The highest BCUT2D eigenvalue weighted by molar-refractivity contribution is 5.98. The standard InChI is InChI=1S/C56H57N3O/c1-35-19-17-20-36(2)50(35)38-27-28-57-47(32-38)40-29-39(30-41(31-40)54(3,4)5)44-24-18-26-49-51(44)58-53(45-33-42(55(6,7)8)34-46(52(45)60)56(9,10)11)59(49)48-25-16-15-23-43(48)37-21-13-12-14-22-37/h12-34,60H,1-11H3/i6D3,7D3,8D3,9D3,10D3,11D3. The molecule has 302 valence electrons. The predicted octanol–water partition coefficient (Wildman–Crippen LogP) is 15.0. The summed E-state index contributed by atoms with van der Waals surface area (Å²) in [5.74, 6) is -1.75. The highest BCUT2D eigenvalue weighted by Gasteiger charge is 2.29. The minimum atomic E-state index is -4.12. The van der Waals surface area contributed by atoms with Gasteiger partial charge in [-0.2, -0.15) is 0 Å². The first kappa shape index (κ1) is 24.1. The molecule has 0 aliphatic heterocycles. The summed E-state index contributed by atoms with van der Waals surface area (Å²) < 4.78 is 159.